The molecular formula is C23H26Zr-4. The van der Waals surface area contributed by atoms with Gasteiger partial charge in [-0.3, -0.25) is 6.08 Å². The number of hydrogen-bond donors (Lipinski definition) is 0. The van der Waals surface area contributed by atoms with Gasteiger partial charge in [-0.2, -0.15) is 6.08 Å². The molecule has 0 atom stereocenters. The number of rotatable bonds is 0. The first-order chi connectivity index (χ1) is 10.7. The first kappa shape index (κ1) is 22.5. The van der Waals surface area contributed by atoms with E-state index in [1.165, 1.54) is 24.8 Å². The van der Waals surface area contributed by atoms with Crippen molar-refractivity contribution in [2.24, 2.45) is 0 Å². The molecule has 0 spiro atoms. The van der Waals surface area contributed by atoms with Crippen molar-refractivity contribution >= 4 is 24.8 Å². The Morgan fingerprint density at radius 2 is 1.38 bits per heavy atom. The largest absolute Gasteiger partial charge is 0.358 e. The van der Waals surface area contributed by atoms with Crippen LogP contribution in [0.3, 0.4) is 0 Å². The fourth-order valence-corrected chi connectivity index (χ4v) is 2.24. The van der Waals surface area contributed by atoms with Gasteiger partial charge >= 0.3 is 41.3 Å². The van der Waals surface area contributed by atoms with Gasteiger partial charge in [0.1, 0.15) is 0 Å². The van der Waals surface area contributed by atoms with Crippen LogP contribution in [0.1, 0.15) is 20.3 Å². The molecule has 0 aliphatic heterocycles. The maximum atomic E-state index is 2.99. The van der Waals surface area contributed by atoms with Crippen LogP contribution < -0.4 is 0 Å². The summed E-state index contributed by atoms with van der Waals surface area (Å²) in [5.41, 5.74) is 0. The maximum absolute atomic E-state index is 2.99. The zero-order valence-corrected chi connectivity index (χ0v) is 17.6. The Kier molecular flexibility index (Phi) is 11.3. The summed E-state index contributed by atoms with van der Waals surface area (Å²) in [5, 5.41) is 5.39. The number of hydrogen-bond acceptors (Lipinski definition) is 0. The van der Waals surface area contributed by atoms with Crippen LogP contribution in [0.4, 0.5) is 0 Å². The van der Waals surface area contributed by atoms with Crippen molar-refractivity contribution in [3.05, 3.63) is 93.8 Å². The molecule has 0 bridgehead atoms. The smallest absolute Gasteiger partial charge is 0.0771 e. The predicted molar refractivity (Wildman–Crippen MR) is 108 cm³/mol. The Bertz CT molecular complexity index is 739. The number of fused-ring (bicyclic) bond motifs is 3. The van der Waals surface area contributed by atoms with Crippen molar-refractivity contribution in [2.45, 2.75) is 20.3 Å². The molecule has 0 fully saturated rings. The summed E-state index contributed by atoms with van der Waals surface area (Å²) in [4.78, 5) is 0. The fraction of sp³-hybridized carbons (Fsp3) is 0.130. The standard InChI is InChI=1S/C13H9.C5H5.C3H6.2CH3.Zr/c1-3-7-12-10(5-1)9-11-6-2-4-8-13(11)12;1-2-4-5-3-1;1-3-2;;;/h1-9H;1-3H,4H2;1-2H3;2*1H3;/q2*-1;;2*-1;. The summed E-state index contributed by atoms with van der Waals surface area (Å²) < 4.78 is 1.51. The van der Waals surface area contributed by atoms with E-state index < -0.39 is 0 Å². The second-order valence-electron chi connectivity index (χ2n) is 5.32. The van der Waals surface area contributed by atoms with Crippen molar-refractivity contribution in [1.29, 1.82) is 0 Å². The van der Waals surface area contributed by atoms with Gasteiger partial charge in [0.25, 0.3) is 0 Å². The predicted octanol–water partition coefficient (Wildman–Crippen LogP) is 6.66. The molecule has 0 nitrogen and oxygen atoms in total. The molecule has 4 rings (SSSR count). The van der Waals surface area contributed by atoms with Crippen LogP contribution >= 0.6 is 0 Å². The molecular weight excluding hydrogens is 367 g/mol. The maximum Gasteiger partial charge on any atom is -0.0771 e. The van der Waals surface area contributed by atoms with Crippen LogP contribution in [0.5, 0.6) is 0 Å². The van der Waals surface area contributed by atoms with E-state index in [-0.39, 0.29) is 14.9 Å². The Morgan fingerprint density at radius 3 is 1.71 bits per heavy atom. The summed E-state index contributed by atoms with van der Waals surface area (Å²) in [6, 6.07) is 19.3. The summed E-state index contributed by atoms with van der Waals surface area (Å²) in [6.45, 7) is 4.25. The minimum absolute atomic E-state index is 0. The van der Waals surface area contributed by atoms with Gasteiger partial charge in [-0.25, -0.2) is 12.2 Å². The SMILES string of the molecule is C[C](C)=[Zr].[C-]1=CC=CC1.[CH3-].[CH3-].c1ccc2c(c1)[cH-]c1ccccc12. The van der Waals surface area contributed by atoms with E-state index in [2.05, 4.69) is 80.6 Å². The second-order valence-corrected chi connectivity index (χ2v) is 7.78. The molecule has 1 aliphatic rings. The van der Waals surface area contributed by atoms with E-state index >= 15 is 0 Å². The molecule has 126 valence electrons. The van der Waals surface area contributed by atoms with Crippen LogP contribution in [0, 0.1) is 20.9 Å². The van der Waals surface area contributed by atoms with E-state index in [9.17, 15) is 0 Å². The van der Waals surface area contributed by atoms with Crippen molar-refractivity contribution < 1.29 is 24.2 Å². The summed E-state index contributed by atoms with van der Waals surface area (Å²) >= 11 is 1.55. The third-order valence-electron chi connectivity index (χ3n) is 3.11. The normalized spacial score (nSPS) is 10.7. The first-order valence-electron chi connectivity index (χ1n) is 7.45. The Labute approximate surface area is 162 Å². The third-order valence-corrected chi connectivity index (χ3v) is 3.11. The zero-order chi connectivity index (χ0) is 15.8. The molecule has 0 amide bonds. The second kappa shape index (κ2) is 12.0. The molecule has 24 heavy (non-hydrogen) atoms. The van der Waals surface area contributed by atoms with Crippen LogP contribution in [0.2, 0.25) is 0 Å². The Balaban J connectivity index is 0.000000409. The third kappa shape index (κ3) is 6.97. The van der Waals surface area contributed by atoms with Gasteiger partial charge in [0.05, 0.1) is 0 Å². The Morgan fingerprint density at radius 1 is 0.917 bits per heavy atom. The Hall–Kier alpha value is -1.46. The number of benzene rings is 2. The summed E-state index contributed by atoms with van der Waals surface area (Å²) in [7, 11) is 0. The summed E-state index contributed by atoms with van der Waals surface area (Å²) in [5.74, 6) is 0. The average Bonchev–Trinajstić information content (AvgIpc) is 3.18. The molecule has 3 aromatic rings. The average molecular weight is 394 g/mol. The molecule has 0 radical (unpaired) electrons. The van der Waals surface area contributed by atoms with Gasteiger partial charge in [0.2, 0.25) is 0 Å². The quantitative estimate of drug-likeness (QED) is 0.374. The van der Waals surface area contributed by atoms with Crippen LogP contribution in [-0.2, 0) is 24.2 Å². The van der Waals surface area contributed by atoms with Gasteiger partial charge < -0.3 is 14.9 Å². The van der Waals surface area contributed by atoms with Gasteiger partial charge in [0, 0.05) is 0 Å². The summed E-state index contributed by atoms with van der Waals surface area (Å²) in [6.07, 6.45) is 10.0. The molecule has 0 N–H and O–H groups in total. The molecule has 0 saturated carbocycles. The van der Waals surface area contributed by atoms with Gasteiger partial charge in [-0.15, -0.1) is 46.2 Å². The first-order valence-corrected chi connectivity index (χ1v) is 8.68. The van der Waals surface area contributed by atoms with Crippen molar-refractivity contribution in [2.75, 3.05) is 0 Å². The fourth-order valence-electron chi connectivity index (χ4n) is 2.24. The molecule has 0 aromatic heterocycles. The molecule has 0 saturated heterocycles. The number of allylic oxidation sites excluding steroid dienone is 4. The van der Waals surface area contributed by atoms with Crippen molar-refractivity contribution in [3.63, 3.8) is 0 Å². The van der Waals surface area contributed by atoms with E-state index in [1.54, 1.807) is 24.2 Å². The molecule has 0 heterocycles. The van der Waals surface area contributed by atoms with Gasteiger partial charge in [-0.05, 0) is 0 Å². The van der Waals surface area contributed by atoms with E-state index in [1.807, 2.05) is 12.2 Å². The molecule has 0 unspecified atom stereocenters. The van der Waals surface area contributed by atoms with Crippen LogP contribution in [-0.4, -0.2) is 3.21 Å². The minimum Gasteiger partial charge on any atom is -0.358 e. The zero-order valence-electron chi connectivity index (χ0n) is 15.1. The molecule has 3 aromatic carbocycles. The van der Waals surface area contributed by atoms with Gasteiger partial charge in [-0.1, -0.05) is 36.4 Å². The molecule has 1 aliphatic carbocycles. The van der Waals surface area contributed by atoms with Crippen LogP contribution in [0.25, 0.3) is 21.5 Å². The van der Waals surface area contributed by atoms with E-state index in [0.29, 0.717) is 0 Å². The molecule has 1 heteroatoms. The van der Waals surface area contributed by atoms with Gasteiger partial charge in [0.15, 0.2) is 0 Å². The van der Waals surface area contributed by atoms with Crippen molar-refractivity contribution in [1.82, 2.24) is 0 Å². The minimum atomic E-state index is 0. The topological polar surface area (TPSA) is 0 Å². The van der Waals surface area contributed by atoms with Crippen LogP contribution in [0.15, 0.2) is 72.8 Å². The van der Waals surface area contributed by atoms with E-state index in [4.69, 9.17) is 0 Å². The monoisotopic (exact) mass is 392 g/mol. The van der Waals surface area contributed by atoms with Crippen molar-refractivity contribution in [3.8, 4) is 0 Å². The van der Waals surface area contributed by atoms with E-state index in [0.717, 1.165) is 6.42 Å².